The summed E-state index contributed by atoms with van der Waals surface area (Å²) in [7, 11) is 1.85. The molecule has 0 spiro atoms. The van der Waals surface area contributed by atoms with Gasteiger partial charge in [0.25, 0.3) is 0 Å². The summed E-state index contributed by atoms with van der Waals surface area (Å²) >= 11 is 0. The molecule has 0 atom stereocenters. The van der Waals surface area contributed by atoms with Gasteiger partial charge in [-0.05, 0) is 24.0 Å². The van der Waals surface area contributed by atoms with Gasteiger partial charge in [-0.2, -0.15) is 0 Å². The van der Waals surface area contributed by atoms with Gasteiger partial charge in [-0.15, -0.1) is 0 Å². The fourth-order valence-corrected chi connectivity index (χ4v) is 1.95. The van der Waals surface area contributed by atoms with E-state index in [1.807, 2.05) is 7.05 Å². The van der Waals surface area contributed by atoms with Gasteiger partial charge in [0.15, 0.2) is 0 Å². The highest BCUT2D eigenvalue weighted by Gasteiger charge is 2.03. The Kier molecular flexibility index (Phi) is 3.92. The molecule has 2 rings (SSSR count). The summed E-state index contributed by atoms with van der Waals surface area (Å²) in [5.41, 5.74) is 3.38. The third-order valence-corrected chi connectivity index (χ3v) is 2.76. The van der Waals surface area contributed by atoms with Crippen molar-refractivity contribution in [3.05, 3.63) is 42.2 Å². The zero-order valence-corrected chi connectivity index (χ0v) is 11.1. The molecule has 18 heavy (non-hydrogen) atoms. The Bertz CT molecular complexity index is 521. The maximum absolute atomic E-state index is 4.51. The molecule has 2 aromatic rings. The van der Waals surface area contributed by atoms with Gasteiger partial charge in [0.1, 0.15) is 5.82 Å². The minimum absolute atomic E-state index is 0.662. The van der Waals surface area contributed by atoms with Crippen molar-refractivity contribution < 1.29 is 0 Å². The van der Waals surface area contributed by atoms with Crippen LogP contribution in [-0.4, -0.2) is 17.0 Å². The lowest BCUT2D eigenvalue weighted by molar-refractivity contribution is 0.647. The van der Waals surface area contributed by atoms with Gasteiger partial charge in [-0.25, -0.2) is 4.98 Å². The van der Waals surface area contributed by atoms with E-state index in [0.717, 1.165) is 23.5 Å². The number of aromatic nitrogens is 2. The molecule has 0 aliphatic rings. The number of rotatable bonds is 4. The molecule has 0 amide bonds. The highest BCUT2D eigenvalue weighted by atomic mass is 15.0. The highest BCUT2D eigenvalue weighted by molar-refractivity contribution is 5.60. The van der Waals surface area contributed by atoms with Crippen LogP contribution >= 0.6 is 0 Å². The monoisotopic (exact) mass is 241 g/mol. The van der Waals surface area contributed by atoms with Crippen LogP contribution in [0.5, 0.6) is 0 Å². The fraction of sp³-hybridized carbons (Fsp3) is 0.333. The summed E-state index contributed by atoms with van der Waals surface area (Å²) in [6.45, 7) is 4.46. The molecule has 3 nitrogen and oxygen atoms in total. The smallest absolute Gasteiger partial charge is 0.144 e. The van der Waals surface area contributed by atoms with Gasteiger partial charge in [-0.3, -0.25) is 4.98 Å². The van der Waals surface area contributed by atoms with Gasteiger partial charge in [0.05, 0.1) is 18.1 Å². The summed E-state index contributed by atoms with van der Waals surface area (Å²) in [6, 6.07) is 8.52. The van der Waals surface area contributed by atoms with Crippen molar-refractivity contribution >= 4 is 5.82 Å². The third kappa shape index (κ3) is 3.06. The SMILES string of the molecule is CNc1cncc(-c2cccc(CC(C)C)c2)n1. The van der Waals surface area contributed by atoms with E-state index in [1.165, 1.54) is 5.56 Å². The zero-order chi connectivity index (χ0) is 13.0. The molecular formula is C15H19N3. The van der Waals surface area contributed by atoms with E-state index in [9.17, 15) is 0 Å². The first-order chi connectivity index (χ1) is 8.69. The number of hydrogen-bond donors (Lipinski definition) is 1. The molecule has 1 aromatic carbocycles. The second kappa shape index (κ2) is 5.63. The lowest BCUT2D eigenvalue weighted by Crippen LogP contribution is -1.97. The maximum atomic E-state index is 4.51. The average Bonchev–Trinajstić information content (AvgIpc) is 2.38. The molecule has 0 radical (unpaired) electrons. The summed E-state index contributed by atoms with van der Waals surface area (Å²) in [5.74, 6) is 1.46. The number of hydrogen-bond acceptors (Lipinski definition) is 3. The van der Waals surface area contributed by atoms with Crippen LogP contribution in [0.3, 0.4) is 0 Å². The third-order valence-electron chi connectivity index (χ3n) is 2.76. The Labute approximate surface area is 108 Å². The van der Waals surface area contributed by atoms with Crippen molar-refractivity contribution in [1.82, 2.24) is 9.97 Å². The first-order valence-corrected chi connectivity index (χ1v) is 6.28. The number of anilines is 1. The van der Waals surface area contributed by atoms with Crippen LogP contribution in [0.15, 0.2) is 36.7 Å². The predicted molar refractivity (Wildman–Crippen MR) is 75.6 cm³/mol. The minimum Gasteiger partial charge on any atom is -0.372 e. The summed E-state index contributed by atoms with van der Waals surface area (Å²) in [4.78, 5) is 8.71. The molecule has 0 aliphatic carbocycles. The minimum atomic E-state index is 0.662. The molecule has 0 saturated carbocycles. The Morgan fingerprint density at radius 1 is 1.22 bits per heavy atom. The molecule has 1 aromatic heterocycles. The van der Waals surface area contributed by atoms with E-state index in [-0.39, 0.29) is 0 Å². The second-order valence-corrected chi connectivity index (χ2v) is 4.84. The summed E-state index contributed by atoms with van der Waals surface area (Å²) < 4.78 is 0. The van der Waals surface area contributed by atoms with Crippen molar-refractivity contribution in [2.75, 3.05) is 12.4 Å². The molecule has 1 heterocycles. The van der Waals surface area contributed by atoms with Crippen LogP contribution in [0.1, 0.15) is 19.4 Å². The van der Waals surface area contributed by atoms with Gasteiger partial charge >= 0.3 is 0 Å². The summed E-state index contributed by atoms with van der Waals surface area (Å²) in [5, 5.41) is 3.01. The van der Waals surface area contributed by atoms with E-state index in [0.29, 0.717) is 5.92 Å². The average molecular weight is 241 g/mol. The normalized spacial score (nSPS) is 10.7. The van der Waals surface area contributed by atoms with Gasteiger partial charge in [-0.1, -0.05) is 32.0 Å². The van der Waals surface area contributed by atoms with E-state index in [1.54, 1.807) is 12.4 Å². The molecule has 3 heteroatoms. The van der Waals surface area contributed by atoms with Crippen LogP contribution in [0.2, 0.25) is 0 Å². The van der Waals surface area contributed by atoms with Gasteiger partial charge in [0, 0.05) is 12.6 Å². The predicted octanol–water partition coefficient (Wildman–Crippen LogP) is 3.38. The molecule has 0 unspecified atom stereocenters. The van der Waals surface area contributed by atoms with E-state index < -0.39 is 0 Å². The van der Waals surface area contributed by atoms with Crippen molar-refractivity contribution in [2.45, 2.75) is 20.3 Å². The zero-order valence-electron chi connectivity index (χ0n) is 11.1. The molecule has 0 bridgehead atoms. The van der Waals surface area contributed by atoms with Crippen molar-refractivity contribution in [1.29, 1.82) is 0 Å². The Balaban J connectivity index is 2.32. The molecule has 94 valence electrons. The van der Waals surface area contributed by atoms with E-state index in [2.05, 4.69) is 53.4 Å². The van der Waals surface area contributed by atoms with Crippen LogP contribution in [0.4, 0.5) is 5.82 Å². The molecule has 0 fully saturated rings. The Morgan fingerprint density at radius 2 is 2.06 bits per heavy atom. The lowest BCUT2D eigenvalue weighted by atomic mass is 10.0. The van der Waals surface area contributed by atoms with Crippen LogP contribution in [-0.2, 0) is 6.42 Å². The number of nitrogens with zero attached hydrogens (tertiary/aromatic N) is 2. The Hall–Kier alpha value is -1.90. The van der Waals surface area contributed by atoms with Crippen LogP contribution in [0, 0.1) is 5.92 Å². The van der Waals surface area contributed by atoms with Crippen LogP contribution < -0.4 is 5.32 Å². The van der Waals surface area contributed by atoms with Crippen LogP contribution in [0.25, 0.3) is 11.3 Å². The summed E-state index contributed by atoms with van der Waals surface area (Å²) in [6.07, 6.45) is 4.61. The highest BCUT2D eigenvalue weighted by Crippen LogP contribution is 2.20. The quantitative estimate of drug-likeness (QED) is 0.891. The van der Waals surface area contributed by atoms with E-state index >= 15 is 0 Å². The van der Waals surface area contributed by atoms with Crippen molar-refractivity contribution in [3.63, 3.8) is 0 Å². The fourth-order valence-electron chi connectivity index (χ4n) is 1.95. The standard InChI is InChI=1S/C15H19N3/c1-11(2)7-12-5-4-6-13(8-12)14-9-17-10-15(16-3)18-14/h4-6,8-11H,7H2,1-3H3,(H,16,18). The molecule has 0 aliphatic heterocycles. The first-order valence-electron chi connectivity index (χ1n) is 6.28. The number of benzene rings is 1. The number of nitrogens with one attached hydrogen (secondary N) is 1. The molecular weight excluding hydrogens is 222 g/mol. The molecule has 0 saturated heterocycles. The lowest BCUT2D eigenvalue weighted by Gasteiger charge is -2.08. The largest absolute Gasteiger partial charge is 0.372 e. The van der Waals surface area contributed by atoms with Crippen molar-refractivity contribution in [2.24, 2.45) is 5.92 Å². The molecule has 1 N–H and O–H groups in total. The van der Waals surface area contributed by atoms with E-state index in [4.69, 9.17) is 0 Å². The second-order valence-electron chi connectivity index (χ2n) is 4.84. The first kappa shape index (κ1) is 12.6. The van der Waals surface area contributed by atoms with Crippen molar-refractivity contribution in [3.8, 4) is 11.3 Å². The van der Waals surface area contributed by atoms with Gasteiger partial charge < -0.3 is 5.32 Å². The maximum Gasteiger partial charge on any atom is 0.144 e. The Morgan fingerprint density at radius 3 is 2.78 bits per heavy atom. The van der Waals surface area contributed by atoms with Gasteiger partial charge in [0.2, 0.25) is 0 Å². The topological polar surface area (TPSA) is 37.8 Å².